The third-order valence-corrected chi connectivity index (χ3v) is 2.80. The highest BCUT2D eigenvalue weighted by Gasteiger charge is 2.18. The molecule has 1 N–H and O–H groups in total. The van der Waals surface area contributed by atoms with Crippen molar-refractivity contribution in [2.75, 3.05) is 45.2 Å². The Hall–Kier alpha value is 0.170. The van der Waals surface area contributed by atoms with E-state index in [2.05, 4.69) is 17.1 Å². The van der Waals surface area contributed by atoms with Crippen LogP contribution in [0.2, 0.25) is 0 Å². The van der Waals surface area contributed by atoms with Crippen LogP contribution >= 0.6 is 11.6 Å². The Labute approximate surface area is 91.7 Å². The van der Waals surface area contributed by atoms with Crippen LogP contribution < -0.4 is 5.32 Å². The first kappa shape index (κ1) is 12.2. The van der Waals surface area contributed by atoms with E-state index >= 15 is 0 Å². The van der Waals surface area contributed by atoms with E-state index in [0.29, 0.717) is 6.10 Å². The zero-order chi connectivity index (χ0) is 10.2. The first-order valence-corrected chi connectivity index (χ1v) is 6.01. The van der Waals surface area contributed by atoms with Crippen molar-refractivity contribution >= 4 is 11.6 Å². The molecule has 0 aromatic heterocycles. The minimum absolute atomic E-state index is 0.360. The van der Waals surface area contributed by atoms with Crippen LogP contribution in [0.3, 0.4) is 0 Å². The van der Waals surface area contributed by atoms with E-state index in [4.69, 9.17) is 16.3 Å². The van der Waals surface area contributed by atoms with Gasteiger partial charge in [-0.2, -0.15) is 0 Å². The molecule has 3 nitrogen and oxygen atoms in total. The molecule has 4 heteroatoms. The molecule has 0 bridgehead atoms. The maximum absolute atomic E-state index is 5.65. The predicted octanol–water partition coefficient (Wildman–Crippen LogP) is 0.926. The van der Waals surface area contributed by atoms with Gasteiger partial charge in [-0.15, -0.1) is 11.6 Å². The Morgan fingerprint density at radius 2 is 2.43 bits per heavy atom. The molecule has 0 aromatic carbocycles. The van der Waals surface area contributed by atoms with Crippen molar-refractivity contribution in [2.45, 2.75) is 19.4 Å². The van der Waals surface area contributed by atoms with Crippen LogP contribution in [-0.2, 0) is 4.74 Å². The highest BCUT2D eigenvalue weighted by Crippen LogP contribution is 2.03. The van der Waals surface area contributed by atoms with Gasteiger partial charge in [-0.25, -0.2) is 0 Å². The molecule has 0 spiro atoms. The number of hydrogen-bond donors (Lipinski definition) is 1. The van der Waals surface area contributed by atoms with E-state index < -0.39 is 0 Å². The van der Waals surface area contributed by atoms with Gasteiger partial charge < -0.3 is 10.1 Å². The molecule has 1 fully saturated rings. The second-order valence-corrected chi connectivity index (χ2v) is 4.01. The van der Waals surface area contributed by atoms with Gasteiger partial charge in [0, 0.05) is 25.5 Å². The van der Waals surface area contributed by atoms with Crippen molar-refractivity contribution in [3.8, 4) is 0 Å². The summed E-state index contributed by atoms with van der Waals surface area (Å²) in [6.45, 7) is 8.28. The lowest BCUT2D eigenvalue weighted by Gasteiger charge is -2.32. The van der Waals surface area contributed by atoms with Crippen molar-refractivity contribution in [3.63, 3.8) is 0 Å². The molecule has 0 aromatic rings. The van der Waals surface area contributed by atoms with Crippen molar-refractivity contribution in [3.05, 3.63) is 0 Å². The van der Waals surface area contributed by atoms with Crippen molar-refractivity contribution in [1.29, 1.82) is 0 Å². The van der Waals surface area contributed by atoms with Gasteiger partial charge in [0.1, 0.15) is 0 Å². The minimum Gasteiger partial charge on any atom is -0.374 e. The van der Waals surface area contributed by atoms with Crippen LogP contribution in [0.1, 0.15) is 13.3 Å². The van der Waals surface area contributed by atoms with Crippen LogP contribution in [0.5, 0.6) is 0 Å². The van der Waals surface area contributed by atoms with E-state index in [1.807, 2.05) is 0 Å². The van der Waals surface area contributed by atoms with Gasteiger partial charge >= 0.3 is 0 Å². The Morgan fingerprint density at radius 3 is 3.14 bits per heavy atom. The lowest BCUT2D eigenvalue weighted by Crippen LogP contribution is -2.46. The molecule has 1 aliphatic rings. The van der Waals surface area contributed by atoms with Crippen molar-refractivity contribution in [2.24, 2.45) is 0 Å². The summed E-state index contributed by atoms with van der Waals surface area (Å²) in [4.78, 5) is 2.43. The van der Waals surface area contributed by atoms with Gasteiger partial charge in [-0.05, 0) is 19.5 Å². The number of nitrogens with one attached hydrogen (secondary N) is 1. The fraction of sp³-hybridized carbons (Fsp3) is 1.00. The van der Waals surface area contributed by atoms with Gasteiger partial charge in [0.2, 0.25) is 0 Å². The fourth-order valence-electron chi connectivity index (χ4n) is 1.65. The number of ether oxygens (including phenoxy) is 1. The molecule has 84 valence electrons. The Balaban J connectivity index is 2.05. The molecular formula is C10H21ClN2O. The monoisotopic (exact) mass is 220 g/mol. The summed E-state index contributed by atoms with van der Waals surface area (Å²) in [5.74, 6) is 0.736. The quantitative estimate of drug-likeness (QED) is 0.533. The fourth-order valence-corrected chi connectivity index (χ4v) is 1.78. The molecule has 1 heterocycles. The summed E-state index contributed by atoms with van der Waals surface area (Å²) >= 11 is 5.59. The number of hydrogen-bond acceptors (Lipinski definition) is 3. The van der Waals surface area contributed by atoms with Crippen LogP contribution in [0.4, 0.5) is 0 Å². The van der Waals surface area contributed by atoms with Crippen LogP contribution in [0.25, 0.3) is 0 Å². The molecule has 1 unspecified atom stereocenters. The number of halogens is 1. The maximum Gasteiger partial charge on any atom is 0.0826 e. The summed E-state index contributed by atoms with van der Waals surface area (Å²) in [6.07, 6.45) is 1.39. The molecule has 0 aliphatic carbocycles. The lowest BCUT2D eigenvalue weighted by molar-refractivity contribution is -0.0251. The average molecular weight is 221 g/mol. The van der Waals surface area contributed by atoms with Crippen molar-refractivity contribution in [1.82, 2.24) is 10.2 Å². The van der Waals surface area contributed by atoms with Gasteiger partial charge in [0.05, 0.1) is 12.7 Å². The highest BCUT2D eigenvalue weighted by molar-refractivity contribution is 6.17. The number of alkyl halides is 1. The molecule has 0 saturated carbocycles. The van der Waals surface area contributed by atoms with E-state index in [1.54, 1.807) is 0 Å². The normalized spacial score (nSPS) is 24.0. The maximum atomic E-state index is 5.65. The molecule has 14 heavy (non-hydrogen) atoms. The molecule has 1 atom stereocenters. The summed E-state index contributed by atoms with van der Waals surface area (Å²) < 4.78 is 5.65. The lowest BCUT2D eigenvalue weighted by atomic mass is 10.2. The van der Waals surface area contributed by atoms with E-state index in [9.17, 15) is 0 Å². The molecule has 0 radical (unpaired) electrons. The average Bonchev–Trinajstić information content (AvgIpc) is 2.25. The highest BCUT2D eigenvalue weighted by atomic mass is 35.5. The summed E-state index contributed by atoms with van der Waals surface area (Å²) in [7, 11) is 0. The summed E-state index contributed by atoms with van der Waals surface area (Å²) in [6, 6.07) is 0. The van der Waals surface area contributed by atoms with Gasteiger partial charge in [-0.3, -0.25) is 4.90 Å². The Morgan fingerprint density at radius 1 is 1.57 bits per heavy atom. The molecule has 1 rings (SSSR count). The summed E-state index contributed by atoms with van der Waals surface area (Å²) in [5.41, 5.74) is 0. The Kier molecular flexibility index (Phi) is 6.52. The predicted molar refractivity (Wildman–Crippen MR) is 60.1 cm³/mol. The number of rotatable bonds is 6. The van der Waals surface area contributed by atoms with Crippen molar-refractivity contribution < 1.29 is 4.74 Å². The molecule has 1 saturated heterocycles. The van der Waals surface area contributed by atoms with Gasteiger partial charge in [-0.1, -0.05) is 6.92 Å². The minimum atomic E-state index is 0.360. The SMILES string of the molecule is CCN1CCOC(CNCCCCl)C1. The van der Waals surface area contributed by atoms with Gasteiger partial charge in [0.15, 0.2) is 0 Å². The largest absolute Gasteiger partial charge is 0.374 e. The topological polar surface area (TPSA) is 24.5 Å². The zero-order valence-electron chi connectivity index (χ0n) is 8.97. The Bertz CT molecular complexity index is 146. The molecular weight excluding hydrogens is 200 g/mol. The standard InChI is InChI=1S/C10H21ClN2O/c1-2-13-6-7-14-10(9-13)8-12-5-3-4-11/h10,12H,2-9H2,1H3. The van der Waals surface area contributed by atoms with Gasteiger partial charge in [0.25, 0.3) is 0 Å². The zero-order valence-corrected chi connectivity index (χ0v) is 9.72. The molecule has 1 aliphatic heterocycles. The van der Waals surface area contributed by atoms with Crippen LogP contribution in [-0.4, -0.2) is 56.2 Å². The number of likely N-dealkylation sites (N-methyl/N-ethyl adjacent to an activating group) is 1. The number of morpholine rings is 1. The summed E-state index contributed by atoms with van der Waals surface area (Å²) in [5, 5.41) is 3.36. The second-order valence-electron chi connectivity index (χ2n) is 3.63. The third-order valence-electron chi connectivity index (χ3n) is 2.53. The first-order chi connectivity index (χ1) is 6.86. The molecule has 0 amide bonds. The number of nitrogens with zero attached hydrogens (tertiary/aromatic N) is 1. The first-order valence-electron chi connectivity index (χ1n) is 5.47. The van der Waals surface area contributed by atoms with E-state index in [1.165, 1.54) is 0 Å². The van der Waals surface area contributed by atoms with Crippen LogP contribution in [0, 0.1) is 0 Å². The second kappa shape index (κ2) is 7.46. The van der Waals surface area contributed by atoms with E-state index in [-0.39, 0.29) is 0 Å². The van der Waals surface area contributed by atoms with Crippen LogP contribution in [0.15, 0.2) is 0 Å². The van der Waals surface area contributed by atoms with E-state index in [0.717, 1.165) is 51.6 Å². The third kappa shape index (κ3) is 4.60. The smallest absolute Gasteiger partial charge is 0.0826 e.